The summed E-state index contributed by atoms with van der Waals surface area (Å²) in [6, 6.07) is 14.3. The van der Waals surface area contributed by atoms with Gasteiger partial charge in [-0.05, 0) is 36.5 Å². The Balaban J connectivity index is 1.80. The Labute approximate surface area is 153 Å². The molecule has 0 bridgehead atoms. The van der Waals surface area contributed by atoms with Crippen LogP contribution in [0.4, 0.5) is 5.69 Å². The highest BCUT2D eigenvalue weighted by Gasteiger charge is 2.21. The highest BCUT2D eigenvalue weighted by Crippen LogP contribution is 2.26. The molecule has 138 valence electrons. The third kappa shape index (κ3) is 5.03. The van der Waals surface area contributed by atoms with Crippen molar-refractivity contribution in [2.45, 2.75) is 25.9 Å². The van der Waals surface area contributed by atoms with Gasteiger partial charge in [0.1, 0.15) is 5.75 Å². The van der Waals surface area contributed by atoms with E-state index in [0.29, 0.717) is 24.6 Å². The van der Waals surface area contributed by atoms with Gasteiger partial charge < -0.3 is 9.84 Å². The second-order valence-electron chi connectivity index (χ2n) is 6.78. The monoisotopic (exact) mass is 356 g/mol. The summed E-state index contributed by atoms with van der Waals surface area (Å²) in [4.78, 5) is 13.2. The standard InChI is InChI=1S/C20H24N2O4/c23-19-6-7-20(22(24)25)18(12-19)15-21(13-16-4-2-1-3-5-16)14-17-8-10-26-11-9-17/h1-7,12,17,23H,8-11,13-15H2. The van der Waals surface area contributed by atoms with Gasteiger partial charge in [0.15, 0.2) is 0 Å². The van der Waals surface area contributed by atoms with E-state index >= 15 is 0 Å². The van der Waals surface area contributed by atoms with E-state index in [1.165, 1.54) is 23.8 Å². The number of hydrogen-bond donors (Lipinski definition) is 1. The molecule has 1 aliphatic heterocycles. The summed E-state index contributed by atoms with van der Waals surface area (Å²) in [7, 11) is 0. The molecule has 0 amide bonds. The zero-order chi connectivity index (χ0) is 18.4. The van der Waals surface area contributed by atoms with Gasteiger partial charge in [0.05, 0.1) is 4.92 Å². The van der Waals surface area contributed by atoms with Crippen molar-refractivity contribution in [3.63, 3.8) is 0 Å². The normalized spacial score (nSPS) is 15.3. The SMILES string of the molecule is O=[N+]([O-])c1ccc(O)cc1CN(Cc1ccccc1)CC1CCOCC1. The van der Waals surface area contributed by atoms with Gasteiger partial charge in [-0.1, -0.05) is 30.3 Å². The van der Waals surface area contributed by atoms with Crippen molar-refractivity contribution in [1.82, 2.24) is 4.90 Å². The number of rotatable bonds is 7. The minimum atomic E-state index is -0.385. The molecule has 1 aliphatic rings. The minimum Gasteiger partial charge on any atom is -0.508 e. The molecule has 0 unspecified atom stereocenters. The number of ether oxygens (including phenoxy) is 1. The lowest BCUT2D eigenvalue weighted by Crippen LogP contribution is -2.32. The summed E-state index contributed by atoms with van der Waals surface area (Å²) in [6.07, 6.45) is 2.01. The summed E-state index contributed by atoms with van der Waals surface area (Å²) in [5.74, 6) is 0.570. The van der Waals surface area contributed by atoms with E-state index in [1.807, 2.05) is 18.2 Å². The van der Waals surface area contributed by atoms with Crippen molar-refractivity contribution >= 4 is 5.69 Å². The van der Waals surface area contributed by atoms with Gasteiger partial charge in [-0.2, -0.15) is 0 Å². The predicted octanol–water partition coefficient (Wildman–Crippen LogP) is 3.73. The summed E-state index contributed by atoms with van der Waals surface area (Å²) < 4.78 is 5.44. The van der Waals surface area contributed by atoms with Crippen LogP contribution in [0.5, 0.6) is 5.75 Å². The first kappa shape index (κ1) is 18.4. The van der Waals surface area contributed by atoms with E-state index in [2.05, 4.69) is 17.0 Å². The number of nitro groups is 1. The van der Waals surface area contributed by atoms with E-state index in [0.717, 1.165) is 32.6 Å². The van der Waals surface area contributed by atoms with Crippen LogP contribution in [0.15, 0.2) is 48.5 Å². The molecule has 0 aromatic heterocycles. The van der Waals surface area contributed by atoms with Crippen LogP contribution < -0.4 is 0 Å². The topological polar surface area (TPSA) is 75.8 Å². The molecule has 0 radical (unpaired) electrons. The second-order valence-corrected chi connectivity index (χ2v) is 6.78. The molecule has 2 aromatic carbocycles. The Bertz CT molecular complexity index is 730. The number of benzene rings is 2. The molecule has 1 saturated heterocycles. The number of hydrogen-bond acceptors (Lipinski definition) is 5. The van der Waals surface area contributed by atoms with Crippen LogP contribution in [-0.2, 0) is 17.8 Å². The Morgan fingerprint density at radius 1 is 1.12 bits per heavy atom. The fraction of sp³-hybridized carbons (Fsp3) is 0.400. The van der Waals surface area contributed by atoms with Gasteiger partial charge in [0, 0.05) is 44.5 Å². The van der Waals surface area contributed by atoms with Crippen molar-refractivity contribution in [2.24, 2.45) is 5.92 Å². The molecular weight excluding hydrogens is 332 g/mol. The first-order chi connectivity index (χ1) is 12.6. The third-order valence-corrected chi connectivity index (χ3v) is 4.76. The molecule has 1 fully saturated rings. The molecule has 2 aromatic rings. The number of nitro benzene ring substituents is 1. The van der Waals surface area contributed by atoms with E-state index in [9.17, 15) is 15.2 Å². The van der Waals surface area contributed by atoms with Crippen molar-refractivity contribution in [3.05, 3.63) is 69.8 Å². The maximum absolute atomic E-state index is 11.4. The van der Waals surface area contributed by atoms with Gasteiger partial charge in [0.25, 0.3) is 5.69 Å². The van der Waals surface area contributed by atoms with Crippen molar-refractivity contribution in [3.8, 4) is 5.75 Å². The molecule has 0 saturated carbocycles. The number of phenols is 1. The van der Waals surface area contributed by atoms with Crippen LogP contribution in [0.2, 0.25) is 0 Å². The largest absolute Gasteiger partial charge is 0.508 e. The lowest BCUT2D eigenvalue weighted by molar-refractivity contribution is -0.385. The third-order valence-electron chi connectivity index (χ3n) is 4.76. The average molecular weight is 356 g/mol. The van der Waals surface area contributed by atoms with Crippen LogP contribution in [-0.4, -0.2) is 34.7 Å². The highest BCUT2D eigenvalue weighted by molar-refractivity contribution is 5.44. The maximum atomic E-state index is 11.4. The molecular formula is C20H24N2O4. The van der Waals surface area contributed by atoms with Crippen LogP contribution in [0.1, 0.15) is 24.0 Å². The van der Waals surface area contributed by atoms with Gasteiger partial charge in [-0.3, -0.25) is 15.0 Å². The van der Waals surface area contributed by atoms with E-state index < -0.39 is 0 Å². The lowest BCUT2D eigenvalue weighted by atomic mass is 9.99. The van der Waals surface area contributed by atoms with Crippen LogP contribution in [0.3, 0.4) is 0 Å². The number of aromatic hydroxyl groups is 1. The Morgan fingerprint density at radius 3 is 2.54 bits per heavy atom. The molecule has 0 atom stereocenters. The molecule has 3 rings (SSSR count). The number of phenolic OH excluding ortho intramolecular Hbond substituents is 1. The van der Waals surface area contributed by atoms with Gasteiger partial charge >= 0.3 is 0 Å². The quantitative estimate of drug-likeness (QED) is 0.604. The van der Waals surface area contributed by atoms with Crippen molar-refractivity contribution in [2.75, 3.05) is 19.8 Å². The average Bonchev–Trinajstić information content (AvgIpc) is 2.63. The van der Waals surface area contributed by atoms with Crippen LogP contribution >= 0.6 is 0 Å². The molecule has 6 heteroatoms. The van der Waals surface area contributed by atoms with E-state index in [-0.39, 0.29) is 16.4 Å². The van der Waals surface area contributed by atoms with Crippen molar-refractivity contribution < 1.29 is 14.8 Å². The Hall–Kier alpha value is -2.44. The molecule has 1 N–H and O–H groups in total. The Morgan fingerprint density at radius 2 is 1.85 bits per heavy atom. The molecule has 0 aliphatic carbocycles. The minimum absolute atomic E-state index is 0.0489. The Kier molecular flexibility index (Phi) is 6.20. The van der Waals surface area contributed by atoms with Gasteiger partial charge in [-0.15, -0.1) is 0 Å². The maximum Gasteiger partial charge on any atom is 0.274 e. The van der Waals surface area contributed by atoms with Crippen molar-refractivity contribution in [1.29, 1.82) is 0 Å². The summed E-state index contributed by atoms with van der Waals surface area (Å²) in [5.41, 5.74) is 1.76. The van der Waals surface area contributed by atoms with Gasteiger partial charge in [0.2, 0.25) is 0 Å². The van der Waals surface area contributed by atoms with Crippen LogP contribution in [0.25, 0.3) is 0 Å². The lowest BCUT2D eigenvalue weighted by Gasteiger charge is -2.30. The first-order valence-electron chi connectivity index (χ1n) is 8.92. The smallest absolute Gasteiger partial charge is 0.274 e. The zero-order valence-corrected chi connectivity index (χ0v) is 14.7. The summed E-state index contributed by atoms with van der Waals surface area (Å²) >= 11 is 0. The molecule has 26 heavy (non-hydrogen) atoms. The van der Waals surface area contributed by atoms with E-state index in [4.69, 9.17) is 4.74 Å². The first-order valence-corrected chi connectivity index (χ1v) is 8.92. The fourth-order valence-corrected chi connectivity index (χ4v) is 3.44. The highest BCUT2D eigenvalue weighted by atomic mass is 16.6. The predicted molar refractivity (Wildman–Crippen MR) is 98.9 cm³/mol. The molecule has 0 spiro atoms. The summed E-state index contributed by atoms with van der Waals surface area (Å²) in [5, 5.41) is 21.1. The number of nitrogens with zero attached hydrogens (tertiary/aromatic N) is 2. The summed E-state index contributed by atoms with van der Waals surface area (Å²) in [6.45, 7) is 3.54. The second kappa shape index (κ2) is 8.78. The van der Waals surface area contributed by atoms with E-state index in [1.54, 1.807) is 0 Å². The zero-order valence-electron chi connectivity index (χ0n) is 14.7. The van der Waals surface area contributed by atoms with Gasteiger partial charge in [-0.25, -0.2) is 0 Å². The molecule has 1 heterocycles. The van der Waals surface area contributed by atoms with Crippen LogP contribution in [0, 0.1) is 16.0 Å². The molecule has 6 nitrogen and oxygen atoms in total. The fourth-order valence-electron chi connectivity index (χ4n) is 3.44.